The third-order valence-corrected chi connectivity index (χ3v) is 3.75. The first-order valence-electron chi connectivity index (χ1n) is 7.94. The summed E-state index contributed by atoms with van der Waals surface area (Å²) in [4.78, 5) is 6.69. The molecule has 2 N–H and O–H groups in total. The monoisotopic (exact) mass is 316 g/mol. The van der Waals surface area contributed by atoms with Crippen LogP contribution in [0, 0.1) is 0 Å². The maximum atomic E-state index is 5.42. The molecule has 1 rings (SSSR count). The molecule has 0 unspecified atom stereocenters. The summed E-state index contributed by atoms with van der Waals surface area (Å²) in [6.07, 6.45) is 0. The fourth-order valence-corrected chi connectivity index (χ4v) is 2.29. The highest BCUT2D eigenvalue weighted by atomic mass is 16.5. The first-order chi connectivity index (χ1) is 10.6. The van der Waals surface area contributed by atoms with Gasteiger partial charge in [0.2, 0.25) is 0 Å². The van der Waals surface area contributed by atoms with Gasteiger partial charge in [0.05, 0.1) is 33.0 Å². The van der Waals surface area contributed by atoms with Gasteiger partial charge < -0.3 is 24.8 Å². The average Bonchev–Trinajstić information content (AvgIpc) is 2.54. The Kier molecular flexibility index (Phi) is 9.38. The van der Waals surface area contributed by atoms with Gasteiger partial charge in [-0.25, -0.2) is 0 Å². The minimum atomic E-state index is 0.0658. The lowest BCUT2D eigenvalue weighted by atomic mass is 10.0. The summed E-state index contributed by atoms with van der Waals surface area (Å²) >= 11 is 0. The van der Waals surface area contributed by atoms with Gasteiger partial charge in [0.1, 0.15) is 0 Å². The van der Waals surface area contributed by atoms with Gasteiger partial charge in [0.25, 0.3) is 0 Å². The van der Waals surface area contributed by atoms with E-state index in [0.717, 1.165) is 45.4 Å². The third-order valence-electron chi connectivity index (χ3n) is 3.75. The first-order valence-corrected chi connectivity index (χ1v) is 7.94. The number of aliphatic imine (C=N–C) groups is 1. The van der Waals surface area contributed by atoms with Gasteiger partial charge in [-0.15, -0.1) is 0 Å². The Bertz CT molecular complexity index is 318. The van der Waals surface area contributed by atoms with Crippen molar-refractivity contribution in [3.63, 3.8) is 0 Å². The number of hydrogen-bond acceptors (Lipinski definition) is 5. The highest BCUT2D eigenvalue weighted by Crippen LogP contribution is 2.14. The number of hydrogen-bond donors (Lipinski definition) is 2. The molecular weight excluding hydrogens is 284 g/mol. The lowest BCUT2D eigenvalue weighted by Gasteiger charge is -2.41. The second-order valence-corrected chi connectivity index (χ2v) is 5.87. The fraction of sp³-hybridized carbons (Fsp3) is 0.933. The van der Waals surface area contributed by atoms with Crippen molar-refractivity contribution in [1.29, 1.82) is 0 Å². The lowest BCUT2D eigenvalue weighted by Crippen LogP contribution is -2.56. The van der Waals surface area contributed by atoms with Gasteiger partial charge in [-0.2, -0.15) is 0 Å². The Morgan fingerprint density at radius 3 is 2.55 bits per heavy atom. The molecule has 130 valence electrons. The number of morpholine rings is 1. The Morgan fingerprint density at radius 1 is 1.18 bits per heavy atom. The molecule has 0 atom stereocenters. The molecule has 1 aliphatic heterocycles. The number of rotatable bonds is 9. The van der Waals surface area contributed by atoms with Crippen LogP contribution in [0.25, 0.3) is 0 Å². The van der Waals surface area contributed by atoms with Crippen LogP contribution in [0.3, 0.4) is 0 Å². The number of ether oxygens (including phenoxy) is 3. The summed E-state index contributed by atoms with van der Waals surface area (Å²) in [5.74, 6) is 0.802. The zero-order chi connectivity index (χ0) is 16.3. The van der Waals surface area contributed by atoms with E-state index < -0.39 is 0 Å². The highest BCUT2D eigenvalue weighted by molar-refractivity contribution is 5.79. The van der Waals surface area contributed by atoms with Gasteiger partial charge in [-0.3, -0.25) is 9.89 Å². The standard InChI is InChI=1S/C15H32N4O3/c1-15(2,19-6-9-22-10-7-19)13-18-14(16-3)17-5-8-21-12-11-20-4/h5-13H2,1-4H3,(H2,16,17,18). The van der Waals surface area contributed by atoms with Crippen LogP contribution in [0.5, 0.6) is 0 Å². The van der Waals surface area contributed by atoms with E-state index in [1.807, 2.05) is 0 Å². The summed E-state index contributed by atoms with van der Waals surface area (Å²) in [6, 6.07) is 0. The molecule has 0 radical (unpaired) electrons. The van der Waals surface area contributed by atoms with Gasteiger partial charge >= 0.3 is 0 Å². The Hall–Kier alpha value is -0.890. The van der Waals surface area contributed by atoms with E-state index >= 15 is 0 Å². The van der Waals surface area contributed by atoms with E-state index in [0.29, 0.717) is 19.8 Å². The van der Waals surface area contributed by atoms with Crippen molar-refractivity contribution in [2.24, 2.45) is 4.99 Å². The number of nitrogens with zero attached hydrogens (tertiary/aromatic N) is 2. The molecule has 0 aliphatic carbocycles. The second-order valence-electron chi connectivity index (χ2n) is 5.87. The van der Waals surface area contributed by atoms with Crippen LogP contribution in [-0.2, 0) is 14.2 Å². The molecule has 0 aromatic carbocycles. The van der Waals surface area contributed by atoms with Crippen LogP contribution in [-0.4, -0.2) is 89.8 Å². The van der Waals surface area contributed by atoms with Crippen LogP contribution in [0.1, 0.15) is 13.8 Å². The van der Waals surface area contributed by atoms with Gasteiger partial charge in [0, 0.05) is 45.9 Å². The van der Waals surface area contributed by atoms with Crippen molar-refractivity contribution < 1.29 is 14.2 Å². The molecule has 0 aromatic heterocycles. The quantitative estimate of drug-likeness (QED) is 0.352. The SMILES string of the molecule is CN=C(NCCOCCOC)NCC(C)(C)N1CCOCC1. The molecule has 0 spiro atoms. The van der Waals surface area contributed by atoms with Crippen LogP contribution in [0.2, 0.25) is 0 Å². The molecule has 1 aliphatic rings. The van der Waals surface area contributed by atoms with Crippen molar-refractivity contribution in [3.8, 4) is 0 Å². The summed E-state index contributed by atoms with van der Waals surface area (Å²) in [5, 5.41) is 6.64. The molecule has 7 heteroatoms. The maximum Gasteiger partial charge on any atom is 0.191 e. The highest BCUT2D eigenvalue weighted by Gasteiger charge is 2.28. The van der Waals surface area contributed by atoms with Gasteiger partial charge in [0.15, 0.2) is 5.96 Å². The molecule has 0 aromatic rings. The summed E-state index contributed by atoms with van der Waals surface area (Å²) < 4.78 is 15.8. The van der Waals surface area contributed by atoms with E-state index in [1.165, 1.54) is 0 Å². The van der Waals surface area contributed by atoms with Gasteiger partial charge in [-0.1, -0.05) is 0 Å². The minimum Gasteiger partial charge on any atom is -0.382 e. The van der Waals surface area contributed by atoms with E-state index in [9.17, 15) is 0 Å². The normalized spacial score (nSPS) is 17.5. The second kappa shape index (κ2) is 10.8. The smallest absolute Gasteiger partial charge is 0.191 e. The molecular formula is C15H32N4O3. The van der Waals surface area contributed by atoms with E-state index in [2.05, 4.69) is 34.4 Å². The number of guanidine groups is 1. The van der Waals surface area contributed by atoms with E-state index in [4.69, 9.17) is 14.2 Å². The largest absolute Gasteiger partial charge is 0.382 e. The molecule has 1 fully saturated rings. The first kappa shape index (κ1) is 19.2. The third kappa shape index (κ3) is 7.40. The average molecular weight is 316 g/mol. The molecule has 0 bridgehead atoms. The molecule has 22 heavy (non-hydrogen) atoms. The van der Waals surface area contributed by atoms with E-state index in [-0.39, 0.29) is 5.54 Å². The van der Waals surface area contributed by atoms with Crippen LogP contribution < -0.4 is 10.6 Å². The summed E-state index contributed by atoms with van der Waals surface area (Å²) in [5.41, 5.74) is 0.0658. The lowest BCUT2D eigenvalue weighted by molar-refractivity contribution is -0.00834. The van der Waals surface area contributed by atoms with Crippen LogP contribution in [0.4, 0.5) is 0 Å². The Morgan fingerprint density at radius 2 is 1.91 bits per heavy atom. The predicted molar refractivity (Wildman–Crippen MR) is 88.5 cm³/mol. The zero-order valence-corrected chi connectivity index (χ0v) is 14.5. The van der Waals surface area contributed by atoms with Crippen molar-refractivity contribution >= 4 is 5.96 Å². The molecule has 7 nitrogen and oxygen atoms in total. The molecule has 1 saturated heterocycles. The molecule has 0 amide bonds. The number of nitrogens with one attached hydrogen (secondary N) is 2. The summed E-state index contributed by atoms with van der Waals surface area (Å²) in [6.45, 7) is 11.5. The molecule has 0 saturated carbocycles. The van der Waals surface area contributed by atoms with Crippen LogP contribution in [0.15, 0.2) is 4.99 Å². The van der Waals surface area contributed by atoms with Crippen molar-refractivity contribution in [3.05, 3.63) is 0 Å². The van der Waals surface area contributed by atoms with Crippen molar-refractivity contribution in [2.75, 3.05) is 73.4 Å². The van der Waals surface area contributed by atoms with E-state index in [1.54, 1.807) is 14.2 Å². The fourth-order valence-electron chi connectivity index (χ4n) is 2.29. The van der Waals surface area contributed by atoms with Gasteiger partial charge in [-0.05, 0) is 13.8 Å². The van der Waals surface area contributed by atoms with Crippen molar-refractivity contribution in [1.82, 2.24) is 15.5 Å². The van der Waals surface area contributed by atoms with Crippen molar-refractivity contribution in [2.45, 2.75) is 19.4 Å². The maximum absolute atomic E-state index is 5.42. The topological polar surface area (TPSA) is 67.4 Å². The Labute approximate surface area is 134 Å². The zero-order valence-electron chi connectivity index (χ0n) is 14.5. The van der Waals surface area contributed by atoms with Crippen LogP contribution >= 0.6 is 0 Å². The minimum absolute atomic E-state index is 0.0658. The Balaban J connectivity index is 2.22. The molecule has 1 heterocycles. The predicted octanol–water partition coefficient (Wildman–Crippen LogP) is -0.0748. The number of methoxy groups -OCH3 is 1. The summed E-state index contributed by atoms with van der Waals surface area (Å²) in [7, 11) is 3.45.